The van der Waals surface area contributed by atoms with Crippen molar-refractivity contribution in [2.45, 2.75) is 19.4 Å². The van der Waals surface area contributed by atoms with E-state index < -0.39 is 0 Å². The van der Waals surface area contributed by atoms with Crippen LogP contribution in [0.1, 0.15) is 12.6 Å². The molecule has 0 aliphatic carbocycles. The number of aromatic nitrogens is 1. The summed E-state index contributed by atoms with van der Waals surface area (Å²) < 4.78 is 15.6. The Bertz CT molecular complexity index is 687. The van der Waals surface area contributed by atoms with Crippen LogP contribution >= 0.6 is 11.3 Å². The first kappa shape index (κ1) is 18.2. The fraction of sp³-hybridized carbons (Fsp3) is 0.412. The molecule has 1 amide bonds. The lowest BCUT2D eigenvalue weighted by Crippen LogP contribution is -2.36. The number of benzene rings is 1. The van der Waals surface area contributed by atoms with Crippen LogP contribution in [0.15, 0.2) is 23.6 Å². The third-order valence-corrected chi connectivity index (χ3v) is 4.29. The molecule has 130 valence electrons. The second kappa shape index (κ2) is 8.65. The van der Waals surface area contributed by atoms with Crippen molar-refractivity contribution in [1.82, 2.24) is 10.3 Å². The molecule has 6 nitrogen and oxygen atoms in total. The molecule has 0 bridgehead atoms. The van der Waals surface area contributed by atoms with Crippen LogP contribution in [0.5, 0.6) is 11.5 Å². The molecule has 1 unspecified atom stereocenters. The normalized spacial score (nSPS) is 11.8. The summed E-state index contributed by atoms with van der Waals surface area (Å²) in [7, 11) is 4.81. The molecule has 24 heavy (non-hydrogen) atoms. The van der Waals surface area contributed by atoms with E-state index in [1.807, 2.05) is 30.5 Å². The van der Waals surface area contributed by atoms with E-state index in [-0.39, 0.29) is 18.4 Å². The summed E-state index contributed by atoms with van der Waals surface area (Å²) in [6, 6.07) is 5.62. The van der Waals surface area contributed by atoms with Gasteiger partial charge in [0.2, 0.25) is 5.91 Å². The van der Waals surface area contributed by atoms with Crippen molar-refractivity contribution < 1.29 is 19.0 Å². The van der Waals surface area contributed by atoms with Crippen molar-refractivity contribution >= 4 is 17.2 Å². The molecule has 0 saturated carbocycles. The Morgan fingerprint density at radius 2 is 2.00 bits per heavy atom. The molecule has 0 aliphatic rings. The second-order valence-corrected chi connectivity index (χ2v) is 6.17. The van der Waals surface area contributed by atoms with E-state index in [0.29, 0.717) is 18.1 Å². The lowest BCUT2D eigenvalue weighted by molar-refractivity contribution is -0.121. The van der Waals surface area contributed by atoms with E-state index in [1.54, 1.807) is 21.3 Å². The number of hydrogen-bond acceptors (Lipinski definition) is 6. The first-order valence-electron chi connectivity index (χ1n) is 7.52. The molecule has 0 saturated heterocycles. The number of rotatable bonds is 8. The fourth-order valence-electron chi connectivity index (χ4n) is 2.27. The molecule has 7 heteroatoms. The van der Waals surface area contributed by atoms with Gasteiger partial charge in [0.15, 0.2) is 11.5 Å². The topological polar surface area (TPSA) is 69.7 Å². The van der Waals surface area contributed by atoms with Crippen LogP contribution in [0, 0.1) is 0 Å². The monoisotopic (exact) mass is 350 g/mol. The van der Waals surface area contributed by atoms with Gasteiger partial charge in [0, 0.05) is 24.1 Å². The summed E-state index contributed by atoms with van der Waals surface area (Å²) in [5, 5.41) is 5.61. The van der Waals surface area contributed by atoms with Crippen molar-refractivity contribution in [3.63, 3.8) is 0 Å². The zero-order chi connectivity index (χ0) is 17.5. The Balaban J connectivity index is 2.06. The van der Waals surface area contributed by atoms with Crippen molar-refractivity contribution in [2.24, 2.45) is 0 Å². The minimum absolute atomic E-state index is 0.0218. The maximum atomic E-state index is 12.0. The SMILES string of the molecule is COCC(C)NC(=O)Cc1csc(-c2ccc(OC)c(OC)c2)n1. The minimum atomic E-state index is -0.0660. The van der Waals surface area contributed by atoms with Crippen LogP contribution in [-0.4, -0.2) is 44.9 Å². The van der Waals surface area contributed by atoms with E-state index in [4.69, 9.17) is 14.2 Å². The molecule has 1 heterocycles. The standard InChI is InChI=1S/C17H22N2O4S/c1-11(9-21-2)18-16(20)8-13-10-24-17(19-13)12-5-6-14(22-3)15(7-12)23-4/h5-7,10-11H,8-9H2,1-4H3,(H,18,20). The quantitative estimate of drug-likeness (QED) is 0.792. The van der Waals surface area contributed by atoms with Crippen LogP contribution in [-0.2, 0) is 16.0 Å². The van der Waals surface area contributed by atoms with Gasteiger partial charge in [0.1, 0.15) is 5.01 Å². The number of ether oxygens (including phenoxy) is 3. The largest absolute Gasteiger partial charge is 0.493 e. The van der Waals surface area contributed by atoms with Gasteiger partial charge in [-0.05, 0) is 25.1 Å². The molecule has 2 aromatic rings. The summed E-state index contributed by atoms with van der Waals surface area (Å²) in [5.74, 6) is 1.26. The minimum Gasteiger partial charge on any atom is -0.493 e. The van der Waals surface area contributed by atoms with Crippen LogP contribution < -0.4 is 14.8 Å². The fourth-order valence-corrected chi connectivity index (χ4v) is 3.09. The van der Waals surface area contributed by atoms with Gasteiger partial charge < -0.3 is 19.5 Å². The molecule has 2 rings (SSSR count). The third kappa shape index (κ3) is 4.69. The lowest BCUT2D eigenvalue weighted by Gasteiger charge is -2.11. The first-order valence-corrected chi connectivity index (χ1v) is 8.40. The number of carbonyl (C=O) groups excluding carboxylic acids is 1. The molecule has 1 atom stereocenters. The summed E-state index contributed by atoms with van der Waals surface area (Å²) in [5.41, 5.74) is 1.67. The Morgan fingerprint density at radius 3 is 2.67 bits per heavy atom. The molecule has 1 aromatic heterocycles. The summed E-state index contributed by atoms with van der Waals surface area (Å²) in [6.07, 6.45) is 0.248. The highest BCUT2D eigenvalue weighted by Crippen LogP contribution is 2.33. The van der Waals surface area contributed by atoms with E-state index in [2.05, 4.69) is 10.3 Å². The molecular formula is C17H22N2O4S. The van der Waals surface area contributed by atoms with Gasteiger partial charge in [0.25, 0.3) is 0 Å². The Kier molecular flexibility index (Phi) is 6.57. The van der Waals surface area contributed by atoms with Gasteiger partial charge in [-0.3, -0.25) is 4.79 Å². The van der Waals surface area contributed by atoms with Gasteiger partial charge in [-0.1, -0.05) is 0 Å². The Labute approximate surface area is 145 Å². The van der Waals surface area contributed by atoms with Crippen LogP contribution in [0.4, 0.5) is 0 Å². The molecule has 1 aromatic carbocycles. The van der Waals surface area contributed by atoms with Crippen LogP contribution in [0.2, 0.25) is 0 Å². The van der Waals surface area contributed by atoms with E-state index in [0.717, 1.165) is 16.3 Å². The maximum absolute atomic E-state index is 12.0. The third-order valence-electron chi connectivity index (χ3n) is 3.35. The molecule has 1 N–H and O–H groups in total. The van der Waals surface area contributed by atoms with Gasteiger partial charge >= 0.3 is 0 Å². The highest BCUT2D eigenvalue weighted by atomic mass is 32.1. The number of methoxy groups -OCH3 is 3. The van der Waals surface area contributed by atoms with E-state index >= 15 is 0 Å². The smallest absolute Gasteiger partial charge is 0.226 e. The zero-order valence-electron chi connectivity index (χ0n) is 14.3. The van der Waals surface area contributed by atoms with Gasteiger partial charge in [-0.25, -0.2) is 4.98 Å². The van der Waals surface area contributed by atoms with Crippen molar-refractivity contribution in [3.05, 3.63) is 29.3 Å². The summed E-state index contributed by atoms with van der Waals surface area (Å²) in [4.78, 5) is 16.5. The molecule has 0 spiro atoms. The van der Waals surface area contributed by atoms with Crippen molar-refractivity contribution in [3.8, 4) is 22.1 Å². The van der Waals surface area contributed by atoms with E-state index in [1.165, 1.54) is 11.3 Å². The van der Waals surface area contributed by atoms with Crippen LogP contribution in [0.25, 0.3) is 10.6 Å². The molecule has 0 radical (unpaired) electrons. The lowest BCUT2D eigenvalue weighted by atomic mass is 10.2. The summed E-state index contributed by atoms with van der Waals surface area (Å²) in [6.45, 7) is 2.39. The Morgan fingerprint density at radius 1 is 1.25 bits per heavy atom. The van der Waals surface area contributed by atoms with Crippen LogP contribution in [0.3, 0.4) is 0 Å². The number of hydrogen-bond donors (Lipinski definition) is 1. The van der Waals surface area contributed by atoms with Gasteiger partial charge in [0.05, 0.1) is 32.9 Å². The highest BCUT2D eigenvalue weighted by molar-refractivity contribution is 7.13. The zero-order valence-corrected chi connectivity index (χ0v) is 15.1. The number of nitrogens with one attached hydrogen (secondary N) is 1. The second-order valence-electron chi connectivity index (χ2n) is 5.31. The average Bonchev–Trinajstić information content (AvgIpc) is 3.02. The predicted octanol–water partition coefficient (Wildman–Crippen LogP) is 2.52. The number of nitrogens with zero attached hydrogens (tertiary/aromatic N) is 1. The van der Waals surface area contributed by atoms with E-state index in [9.17, 15) is 4.79 Å². The Hall–Kier alpha value is -2.12. The first-order chi connectivity index (χ1) is 11.6. The van der Waals surface area contributed by atoms with Crippen molar-refractivity contribution in [2.75, 3.05) is 27.9 Å². The highest BCUT2D eigenvalue weighted by Gasteiger charge is 2.13. The van der Waals surface area contributed by atoms with Gasteiger partial charge in [-0.15, -0.1) is 11.3 Å². The molecule has 0 fully saturated rings. The predicted molar refractivity (Wildman–Crippen MR) is 93.8 cm³/mol. The maximum Gasteiger partial charge on any atom is 0.226 e. The molecule has 0 aliphatic heterocycles. The molecular weight excluding hydrogens is 328 g/mol. The number of amides is 1. The number of carbonyl (C=O) groups is 1. The number of thiazole rings is 1. The van der Waals surface area contributed by atoms with Gasteiger partial charge in [-0.2, -0.15) is 0 Å². The summed E-state index contributed by atoms with van der Waals surface area (Å²) >= 11 is 1.49. The van der Waals surface area contributed by atoms with Crippen molar-refractivity contribution in [1.29, 1.82) is 0 Å². The average molecular weight is 350 g/mol.